The molecule has 0 aliphatic carbocycles. The Hall–Kier alpha value is -0.410. The summed E-state index contributed by atoms with van der Waals surface area (Å²) in [5.41, 5.74) is -0.215. The first-order valence-corrected chi connectivity index (χ1v) is 7.16. The number of ketones is 1. The second-order valence-corrected chi connectivity index (χ2v) is 6.90. The summed E-state index contributed by atoms with van der Waals surface area (Å²) in [7, 11) is 0. The molecule has 0 aromatic carbocycles. The predicted octanol–water partition coefficient (Wildman–Crippen LogP) is 2.97. The van der Waals surface area contributed by atoms with Gasteiger partial charge in [-0.3, -0.25) is 4.79 Å². The van der Waals surface area contributed by atoms with Crippen LogP contribution in [0.25, 0.3) is 0 Å². The molecule has 0 aromatic rings. The quantitative estimate of drug-likeness (QED) is 0.776. The molecule has 2 saturated heterocycles. The lowest BCUT2D eigenvalue weighted by Crippen LogP contribution is -2.40. The Morgan fingerprint density at radius 3 is 2.72 bits per heavy atom. The molecule has 2 unspecified atom stereocenters. The predicted molar refractivity (Wildman–Crippen MR) is 70.5 cm³/mol. The molecule has 0 radical (unpaired) electrons. The Balaban J connectivity index is 1.81. The van der Waals surface area contributed by atoms with Gasteiger partial charge in [0.05, 0.1) is 12.2 Å². The molecule has 0 bridgehead atoms. The van der Waals surface area contributed by atoms with Crippen molar-refractivity contribution in [1.82, 2.24) is 0 Å². The first-order chi connectivity index (χ1) is 8.41. The maximum absolute atomic E-state index is 12.0. The van der Waals surface area contributed by atoms with Gasteiger partial charge in [-0.25, -0.2) is 0 Å². The summed E-state index contributed by atoms with van der Waals surface area (Å²) in [6.45, 7) is 8.42. The van der Waals surface area contributed by atoms with Crippen LogP contribution in [0.1, 0.15) is 52.9 Å². The molecule has 0 aromatic heterocycles. The van der Waals surface area contributed by atoms with Crippen molar-refractivity contribution in [2.45, 2.75) is 58.5 Å². The average Bonchev–Trinajstić information content (AvgIpc) is 2.73. The minimum atomic E-state index is -0.195. The van der Waals surface area contributed by atoms with Crippen molar-refractivity contribution in [1.29, 1.82) is 0 Å². The van der Waals surface area contributed by atoms with E-state index in [1.807, 2.05) is 20.8 Å². The first kappa shape index (κ1) is 14.0. The molecule has 3 nitrogen and oxygen atoms in total. The molecule has 2 aliphatic heterocycles. The van der Waals surface area contributed by atoms with E-state index in [0.717, 1.165) is 45.5 Å². The van der Waals surface area contributed by atoms with Gasteiger partial charge in [-0.15, -0.1) is 0 Å². The monoisotopic (exact) mass is 254 g/mol. The fourth-order valence-electron chi connectivity index (χ4n) is 2.95. The summed E-state index contributed by atoms with van der Waals surface area (Å²) < 4.78 is 11.4. The number of rotatable bonds is 3. The lowest BCUT2D eigenvalue weighted by atomic mass is 9.80. The summed E-state index contributed by atoms with van der Waals surface area (Å²) in [4.78, 5) is 12.0. The standard InChI is InChI=1S/C15H26O3/c1-14(2,3)13(16)5-4-12-6-8-18-15(10-12)7-9-17-11-15/h12H,4-11H2,1-3H3. The maximum Gasteiger partial charge on any atom is 0.138 e. The van der Waals surface area contributed by atoms with Crippen molar-refractivity contribution in [2.75, 3.05) is 19.8 Å². The number of carbonyl (C=O) groups excluding carboxylic acids is 1. The second-order valence-electron chi connectivity index (χ2n) is 6.90. The molecule has 104 valence electrons. The molecule has 2 rings (SSSR count). The smallest absolute Gasteiger partial charge is 0.138 e. The Morgan fingerprint density at radius 2 is 2.11 bits per heavy atom. The third-order valence-corrected chi connectivity index (χ3v) is 4.28. The third-order valence-electron chi connectivity index (χ3n) is 4.28. The molecule has 3 heteroatoms. The van der Waals surface area contributed by atoms with E-state index in [2.05, 4.69) is 0 Å². The summed E-state index contributed by atoms with van der Waals surface area (Å²) in [5.74, 6) is 1.01. The molecule has 2 fully saturated rings. The van der Waals surface area contributed by atoms with Crippen LogP contribution in [0, 0.1) is 11.3 Å². The van der Waals surface area contributed by atoms with Gasteiger partial charge in [0.1, 0.15) is 5.78 Å². The van der Waals surface area contributed by atoms with Crippen LogP contribution in [-0.4, -0.2) is 31.2 Å². The Bertz CT molecular complexity index is 297. The van der Waals surface area contributed by atoms with Gasteiger partial charge in [-0.05, 0) is 25.2 Å². The summed E-state index contributed by atoms with van der Waals surface area (Å²) in [6.07, 6.45) is 4.92. The number of carbonyl (C=O) groups is 1. The van der Waals surface area contributed by atoms with Crippen LogP contribution in [0.2, 0.25) is 0 Å². The lowest BCUT2D eigenvalue weighted by Gasteiger charge is -2.37. The van der Waals surface area contributed by atoms with E-state index in [9.17, 15) is 4.79 Å². The molecule has 0 amide bonds. The number of hydrogen-bond donors (Lipinski definition) is 0. The zero-order chi connectivity index (χ0) is 13.2. The molecule has 2 atom stereocenters. The summed E-state index contributed by atoms with van der Waals surface area (Å²) >= 11 is 0. The molecule has 2 aliphatic rings. The fraction of sp³-hybridized carbons (Fsp3) is 0.933. The highest BCUT2D eigenvalue weighted by Crippen LogP contribution is 2.37. The topological polar surface area (TPSA) is 35.5 Å². The first-order valence-electron chi connectivity index (χ1n) is 7.16. The Kier molecular flexibility index (Phi) is 4.12. The highest BCUT2D eigenvalue weighted by Gasteiger charge is 2.40. The average molecular weight is 254 g/mol. The molecule has 2 heterocycles. The van der Waals surface area contributed by atoms with Crippen LogP contribution in [-0.2, 0) is 14.3 Å². The normalized spacial score (nSPS) is 32.9. The molecule has 18 heavy (non-hydrogen) atoms. The number of hydrogen-bond acceptors (Lipinski definition) is 3. The van der Waals surface area contributed by atoms with Gasteiger partial charge < -0.3 is 9.47 Å². The molecular formula is C15H26O3. The van der Waals surface area contributed by atoms with Gasteiger partial charge in [-0.1, -0.05) is 20.8 Å². The SMILES string of the molecule is CC(C)(C)C(=O)CCC1CCOC2(CCOC2)C1. The highest BCUT2D eigenvalue weighted by molar-refractivity contribution is 5.83. The van der Waals surface area contributed by atoms with Crippen molar-refractivity contribution in [2.24, 2.45) is 11.3 Å². The fourth-order valence-corrected chi connectivity index (χ4v) is 2.95. The zero-order valence-corrected chi connectivity index (χ0v) is 12.0. The highest BCUT2D eigenvalue weighted by atomic mass is 16.6. The molecule has 1 spiro atoms. The molecular weight excluding hydrogens is 228 g/mol. The molecule has 0 saturated carbocycles. The summed E-state index contributed by atoms with van der Waals surface area (Å²) in [6, 6.07) is 0. The van der Waals surface area contributed by atoms with E-state index in [4.69, 9.17) is 9.47 Å². The zero-order valence-electron chi connectivity index (χ0n) is 12.0. The van der Waals surface area contributed by atoms with Crippen LogP contribution >= 0.6 is 0 Å². The van der Waals surface area contributed by atoms with Gasteiger partial charge in [0.15, 0.2) is 0 Å². The van der Waals surface area contributed by atoms with E-state index in [0.29, 0.717) is 18.1 Å². The van der Waals surface area contributed by atoms with E-state index in [-0.39, 0.29) is 11.0 Å². The van der Waals surface area contributed by atoms with Gasteiger partial charge >= 0.3 is 0 Å². The second kappa shape index (κ2) is 5.30. The minimum absolute atomic E-state index is 0.0201. The van der Waals surface area contributed by atoms with Crippen LogP contribution in [0.15, 0.2) is 0 Å². The van der Waals surface area contributed by atoms with Crippen LogP contribution in [0.5, 0.6) is 0 Å². The van der Waals surface area contributed by atoms with Gasteiger partial charge in [0, 0.05) is 31.5 Å². The van der Waals surface area contributed by atoms with Crippen molar-refractivity contribution in [3.63, 3.8) is 0 Å². The van der Waals surface area contributed by atoms with E-state index < -0.39 is 0 Å². The molecule has 0 N–H and O–H groups in total. The van der Waals surface area contributed by atoms with Gasteiger partial charge in [0.25, 0.3) is 0 Å². The minimum Gasteiger partial charge on any atom is -0.378 e. The largest absolute Gasteiger partial charge is 0.378 e. The van der Waals surface area contributed by atoms with Crippen molar-refractivity contribution in [3.05, 3.63) is 0 Å². The van der Waals surface area contributed by atoms with E-state index in [1.165, 1.54) is 0 Å². The van der Waals surface area contributed by atoms with Crippen LogP contribution < -0.4 is 0 Å². The lowest BCUT2D eigenvalue weighted by molar-refractivity contribution is -0.128. The maximum atomic E-state index is 12.0. The van der Waals surface area contributed by atoms with E-state index in [1.54, 1.807) is 0 Å². The Morgan fingerprint density at radius 1 is 1.33 bits per heavy atom. The third kappa shape index (κ3) is 3.33. The van der Waals surface area contributed by atoms with Crippen molar-refractivity contribution < 1.29 is 14.3 Å². The van der Waals surface area contributed by atoms with Crippen LogP contribution in [0.3, 0.4) is 0 Å². The van der Waals surface area contributed by atoms with E-state index >= 15 is 0 Å². The number of ether oxygens (including phenoxy) is 2. The van der Waals surface area contributed by atoms with Crippen LogP contribution in [0.4, 0.5) is 0 Å². The number of Topliss-reactive ketones (excluding diaryl/α,β-unsaturated/α-hetero) is 1. The van der Waals surface area contributed by atoms with Gasteiger partial charge in [0.2, 0.25) is 0 Å². The summed E-state index contributed by atoms with van der Waals surface area (Å²) in [5, 5.41) is 0. The van der Waals surface area contributed by atoms with Crippen molar-refractivity contribution >= 4 is 5.78 Å². The van der Waals surface area contributed by atoms with Crippen molar-refractivity contribution in [3.8, 4) is 0 Å². The Labute approximate surface area is 110 Å². The van der Waals surface area contributed by atoms with Gasteiger partial charge in [-0.2, -0.15) is 0 Å².